The van der Waals surface area contributed by atoms with E-state index in [1.807, 2.05) is 78.9 Å². The van der Waals surface area contributed by atoms with Gasteiger partial charge >= 0.3 is 0 Å². The number of rotatable bonds is 3. The van der Waals surface area contributed by atoms with Crippen LogP contribution >= 0.6 is 0 Å². The number of amides is 1. The molecule has 2 nitrogen and oxygen atoms in total. The van der Waals surface area contributed by atoms with Crippen LogP contribution in [0, 0.1) is 0 Å². The topological polar surface area (TPSA) is 43.1 Å². The Balaban J connectivity index is 2.22. The second-order valence-corrected chi connectivity index (χ2v) is 4.86. The Hall–Kier alpha value is -2.87. The highest BCUT2D eigenvalue weighted by molar-refractivity contribution is 6.26. The quantitative estimate of drug-likeness (QED) is 0.571. The maximum atomic E-state index is 11.9. The number of primary amides is 1. The molecule has 21 heavy (non-hydrogen) atoms. The molecule has 0 aliphatic carbocycles. The fourth-order valence-corrected chi connectivity index (χ4v) is 2.46. The molecule has 0 fully saturated rings. The van der Waals surface area contributed by atoms with Gasteiger partial charge in [0, 0.05) is 5.57 Å². The summed E-state index contributed by atoms with van der Waals surface area (Å²) in [6, 6.07) is 23.6. The second kappa shape index (κ2) is 5.63. The van der Waals surface area contributed by atoms with Gasteiger partial charge in [-0.05, 0) is 28.0 Å². The van der Waals surface area contributed by atoms with Crippen molar-refractivity contribution in [2.24, 2.45) is 5.73 Å². The van der Waals surface area contributed by atoms with Gasteiger partial charge in [0.25, 0.3) is 0 Å². The van der Waals surface area contributed by atoms with Crippen LogP contribution in [0.1, 0.15) is 11.1 Å². The van der Waals surface area contributed by atoms with E-state index in [9.17, 15) is 4.79 Å². The van der Waals surface area contributed by atoms with E-state index in [-0.39, 0.29) is 0 Å². The van der Waals surface area contributed by atoms with Crippen molar-refractivity contribution in [2.75, 3.05) is 0 Å². The lowest BCUT2D eigenvalue weighted by molar-refractivity contribution is -0.112. The molecule has 0 unspecified atom stereocenters. The van der Waals surface area contributed by atoms with Gasteiger partial charge in [-0.25, -0.2) is 0 Å². The van der Waals surface area contributed by atoms with Gasteiger partial charge in [0.1, 0.15) is 0 Å². The summed E-state index contributed by atoms with van der Waals surface area (Å²) in [5, 5.41) is 2.12. The van der Waals surface area contributed by atoms with Gasteiger partial charge in [-0.2, -0.15) is 0 Å². The molecular weight excluding hydrogens is 258 g/mol. The van der Waals surface area contributed by atoms with Gasteiger partial charge in [-0.1, -0.05) is 72.8 Å². The first-order chi connectivity index (χ1) is 10.3. The second-order valence-electron chi connectivity index (χ2n) is 4.86. The molecule has 0 atom stereocenters. The van der Waals surface area contributed by atoms with E-state index in [1.165, 1.54) is 0 Å². The lowest BCUT2D eigenvalue weighted by Crippen LogP contribution is -2.13. The lowest BCUT2D eigenvalue weighted by Gasteiger charge is -2.08. The van der Waals surface area contributed by atoms with Gasteiger partial charge < -0.3 is 5.73 Å². The lowest BCUT2D eigenvalue weighted by atomic mass is 9.96. The number of carbonyl (C=O) groups is 1. The number of benzene rings is 3. The smallest absolute Gasteiger partial charge is 0.249 e. The molecule has 102 valence electrons. The molecular formula is C19H15NO. The fourth-order valence-electron chi connectivity index (χ4n) is 2.46. The highest BCUT2D eigenvalue weighted by Gasteiger charge is 2.11. The first kappa shape index (κ1) is 13.1. The number of fused-ring (bicyclic) bond motifs is 1. The highest BCUT2D eigenvalue weighted by Crippen LogP contribution is 2.26. The molecule has 0 aliphatic heterocycles. The van der Waals surface area contributed by atoms with Crippen molar-refractivity contribution >= 4 is 28.3 Å². The van der Waals surface area contributed by atoms with Crippen LogP contribution in [0.15, 0.2) is 72.8 Å². The van der Waals surface area contributed by atoms with E-state index in [4.69, 9.17) is 5.73 Å². The Morgan fingerprint density at radius 3 is 2.24 bits per heavy atom. The molecule has 0 spiro atoms. The van der Waals surface area contributed by atoms with E-state index >= 15 is 0 Å². The van der Waals surface area contributed by atoms with Crippen LogP contribution in [0.4, 0.5) is 0 Å². The predicted molar refractivity (Wildman–Crippen MR) is 87.5 cm³/mol. The first-order valence-electron chi connectivity index (χ1n) is 6.80. The summed E-state index contributed by atoms with van der Waals surface area (Å²) in [5.74, 6) is -0.421. The van der Waals surface area contributed by atoms with E-state index in [0.29, 0.717) is 5.57 Å². The van der Waals surface area contributed by atoms with Crippen molar-refractivity contribution in [1.29, 1.82) is 0 Å². The minimum Gasteiger partial charge on any atom is -0.366 e. The summed E-state index contributed by atoms with van der Waals surface area (Å²) in [6.07, 6.45) is 1.84. The van der Waals surface area contributed by atoms with Gasteiger partial charge in [0.2, 0.25) is 5.91 Å². The largest absolute Gasteiger partial charge is 0.366 e. The van der Waals surface area contributed by atoms with Crippen LogP contribution in [0.5, 0.6) is 0 Å². The molecule has 3 aromatic rings. The Bertz CT molecular complexity index is 814. The van der Waals surface area contributed by atoms with Crippen molar-refractivity contribution in [3.63, 3.8) is 0 Å². The van der Waals surface area contributed by atoms with Crippen molar-refractivity contribution < 1.29 is 4.79 Å². The molecule has 0 saturated heterocycles. The van der Waals surface area contributed by atoms with Crippen LogP contribution in [0.25, 0.3) is 22.4 Å². The summed E-state index contributed by atoms with van der Waals surface area (Å²) >= 11 is 0. The highest BCUT2D eigenvalue weighted by atomic mass is 16.1. The molecule has 0 radical (unpaired) electrons. The Labute approximate surface area is 123 Å². The monoisotopic (exact) mass is 273 g/mol. The fraction of sp³-hybridized carbons (Fsp3) is 0. The molecule has 3 aromatic carbocycles. The molecule has 2 heteroatoms. The summed E-state index contributed by atoms with van der Waals surface area (Å²) in [6.45, 7) is 0. The molecule has 1 amide bonds. The zero-order valence-corrected chi connectivity index (χ0v) is 11.5. The molecule has 3 rings (SSSR count). The van der Waals surface area contributed by atoms with E-state index in [1.54, 1.807) is 0 Å². The van der Waals surface area contributed by atoms with E-state index in [2.05, 4.69) is 0 Å². The van der Waals surface area contributed by atoms with Crippen molar-refractivity contribution in [2.45, 2.75) is 0 Å². The third-order valence-corrected chi connectivity index (χ3v) is 3.46. The number of hydrogen-bond donors (Lipinski definition) is 1. The summed E-state index contributed by atoms with van der Waals surface area (Å²) in [4.78, 5) is 11.9. The minimum atomic E-state index is -0.421. The van der Waals surface area contributed by atoms with Gasteiger partial charge in [0.05, 0.1) is 0 Å². The van der Waals surface area contributed by atoms with Crippen LogP contribution < -0.4 is 5.73 Å². The van der Waals surface area contributed by atoms with Crippen molar-refractivity contribution in [3.8, 4) is 0 Å². The van der Waals surface area contributed by atoms with Gasteiger partial charge in [-0.3, -0.25) is 4.79 Å². The summed E-state index contributed by atoms with van der Waals surface area (Å²) in [5.41, 5.74) is 7.95. The molecule has 0 heterocycles. The number of hydrogen-bond acceptors (Lipinski definition) is 1. The molecule has 0 aromatic heterocycles. The summed E-state index contributed by atoms with van der Waals surface area (Å²) in [7, 11) is 0. The average Bonchev–Trinajstić information content (AvgIpc) is 2.53. The average molecular weight is 273 g/mol. The van der Waals surface area contributed by atoms with Crippen LogP contribution in [0.2, 0.25) is 0 Å². The maximum Gasteiger partial charge on any atom is 0.249 e. The van der Waals surface area contributed by atoms with Crippen molar-refractivity contribution in [3.05, 3.63) is 83.9 Å². The Morgan fingerprint density at radius 2 is 1.48 bits per heavy atom. The third kappa shape index (κ3) is 2.70. The zero-order chi connectivity index (χ0) is 14.7. The van der Waals surface area contributed by atoms with Crippen LogP contribution in [-0.2, 0) is 4.79 Å². The molecule has 2 N–H and O–H groups in total. The third-order valence-electron chi connectivity index (χ3n) is 3.46. The van der Waals surface area contributed by atoms with Crippen molar-refractivity contribution in [1.82, 2.24) is 0 Å². The SMILES string of the molecule is NC(=O)/C(=C\c1ccccc1)c1cccc2ccccc12. The number of carbonyl (C=O) groups excluding carboxylic acids is 1. The molecule has 0 saturated carbocycles. The van der Waals surface area contributed by atoms with Crippen LogP contribution in [0.3, 0.4) is 0 Å². The van der Waals surface area contributed by atoms with E-state index in [0.717, 1.165) is 21.9 Å². The minimum absolute atomic E-state index is 0.421. The normalized spacial score (nSPS) is 11.5. The van der Waals surface area contributed by atoms with E-state index < -0.39 is 5.91 Å². The molecule has 0 aliphatic rings. The predicted octanol–water partition coefficient (Wildman–Crippen LogP) is 3.87. The van der Waals surface area contributed by atoms with Crippen LogP contribution in [-0.4, -0.2) is 5.91 Å². The molecule has 0 bridgehead atoms. The number of nitrogens with two attached hydrogens (primary N) is 1. The van der Waals surface area contributed by atoms with Gasteiger partial charge in [0.15, 0.2) is 0 Å². The zero-order valence-electron chi connectivity index (χ0n) is 11.5. The summed E-state index contributed by atoms with van der Waals surface area (Å²) < 4.78 is 0. The Kier molecular flexibility index (Phi) is 3.52. The Morgan fingerprint density at radius 1 is 0.810 bits per heavy atom. The van der Waals surface area contributed by atoms with Gasteiger partial charge in [-0.15, -0.1) is 0 Å². The first-order valence-corrected chi connectivity index (χ1v) is 6.80. The maximum absolute atomic E-state index is 11.9. The standard InChI is InChI=1S/C19H15NO/c20-19(21)18(13-14-7-2-1-3-8-14)17-12-6-10-15-9-4-5-11-16(15)17/h1-13H,(H2,20,21)/b18-13-.